The molecule has 0 aromatic carbocycles. The molecule has 1 atom stereocenters. The van der Waals surface area contributed by atoms with Crippen molar-refractivity contribution in [1.29, 1.82) is 0 Å². The Morgan fingerprint density at radius 3 is 2.67 bits per heavy atom. The van der Waals surface area contributed by atoms with E-state index in [4.69, 9.17) is 5.11 Å². The molecule has 1 unspecified atom stereocenters. The Kier molecular flexibility index (Phi) is 4.35. The molecule has 0 saturated heterocycles. The molecule has 2 rings (SSSR count). The van der Waals surface area contributed by atoms with E-state index >= 15 is 0 Å². The minimum Gasteiger partial charge on any atom is -0.481 e. The van der Waals surface area contributed by atoms with Crippen molar-refractivity contribution in [3.8, 4) is 0 Å². The van der Waals surface area contributed by atoms with Crippen LogP contribution in [0.5, 0.6) is 0 Å². The number of carbonyl (C=O) groups is 1. The van der Waals surface area contributed by atoms with Gasteiger partial charge >= 0.3 is 5.97 Å². The van der Waals surface area contributed by atoms with Gasteiger partial charge in [-0.25, -0.2) is 9.97 Å². The van der Waals surface area contributed by atoms with E-state index in [9.17, 15) is 4.79 Å². The monoisotopic (exact) mass is 288 g/mol. The highest BCUT2D eigenvalue weighted by atomic mass is 16.4. The van der Waals surface area contributed by atoms with Crippen molar-refractivity contribution in [3.05, 3.63) is 24.5 Å². The molecule has 2 aromatic heterocycles. The number of aliphatic carboxylic acids is 1. The highest BCUT2D eigenvalue weighted by Gasteiger charge is 2.21. The second-order valence-electron chi connectivity index (χ2n) is 6.30. The number of carboxylic acid groups (broad SMARTS) is 1. The van der Waals surface area contributed by atoms with Gasteiger partial charge in [0.1, 0.15) is 11.3 Å². The number of nitrogens with zero attached hydrogens (tertiary/aromatic N) is 3. The molecule has 0 aliphatic heterocycles. The van der Waals surface area contributed by atoms with E-state index in [1.54, 1.807) is 18.5 Å². The number of pyridine rings is 1. The fourth-order valence-corrected chi connectivity index (χ4v) is 2.27. The van der Waals surface area contributed by atoms with Crippen molar-refractivity contribution in [1.82, 2.24) is 15.0 Å². The Labute approximate surface area is 123 Å². The van der Waals surface area contributed by atoms with Crippen LogP contribution in [0.2, 0.25) is 0 Å². The van der Waals surface area contributed by atoms with E-state index in [-0.39, 0.29) is 17.9 Å². The number of rotatable bonds is 5. The van der Waals surface area contributed by atoms with Crippen LogP contribution >= 0.6 is 0 Å². The summed E-state index contributed by atoms with van der Waals surface area (Å²) in [4.78, 5) is 23.7. The average molecular weight is 288 g/mol. The Bertz CT molecular complexity index is 637. The largest absolute Gasteiger partial charge is 0.481 e. The van der Waals surface area contributed by atoms with Gasteiger partial charge in [0.05, 0.1) is 6.42 Å². The molecule has 6 nitrogen and oxygen atoms in total. The predicted molar refractivity (Wildman–Crippen MR) is 81.1 cm³/mol. The molecule has 0 saturated carbocycles. The molecule has 2 aromatic rings. The number of hydrogen-bond donors (Lipinski definition) is 2. The molecule has 0 fully saturated rings. The lowest BCUT2D eigenvalue weighted by Crippen LogP contribution is -2.28. The van der Waals surface area contributed by atoms with Crippen LogP contribution in [0.25, 0.3) is 11.2 Å². The van der Waals surface area contributed by atoms with Crippen LogP contribution in [-0.2, 0) is 4.79 Å². The predicted octanol–water partition coefficient (Wildman–Crippen LogP) is 2.72. The summed E-state index contributed by atoms with van der Waals surface area (Å²) in [6.45, 7) is 6.26. The van der Waals surface area contributed by atoms with Gasteiger partial charge in [0.15, 0.2) is 5.65 Å². The molecule has 0 bridgehead atoms. The van der Waals surface area contributed by atoms with E-state index in [0.717, 1.165) is 6.42 Å². The van der Waals surface area contributed by atoms with Crippen LogP contribution in [0.15, 0.2) is 24.5 Å². The summed E-state index contributed by atoms with van der Waals surface area (Å²) in [5.41, 5.74) is 1.30. The second kappa shape index (κ2) is 6.03. The molecule has 6 heteroatoms. The number of hydrogen-bond acceptors (Lipinski definition) is 5. The van der Waals surface area contributed by atoms with Crippen LogP contribution in [0.4, 0.5) is 5.82 Å². The quantitative estimate of drug-likeness (QED) is 0.879. The van der Waals surface area contributed by atoms with Crippen molar-refractivity contribution < 1.29 is 9.90 Å². The first-order chi connectivity index (χ1) is 9.83. The molecule has 112 valence electrons. The van der Waals surface area contributed by atoms with Crippen LogP contribution in [-0.4, -0.2) is 32.1 Å². The van der Waals surface area contributed by atoms with Crippen molar-refractivity contribution in [3.63, 3.8) is 0 Å². The maximum atomic E-state index is 11.0. The molecule has 0 spiro atoms. The Morgan fingerprint density at radius 1 is 1.29 bits per heavy atom. The first kappa shape index (κ1) is 15.2. The van der Waals surface area contributed by atoms with Gasteiger partial charge in [-0.05, 0) is 24.0 Å². The third-order valence-electron chi connectivity index (χ3n) is 2.96. The number of fused-ring (bicyclic) bond motifs is 1. The van der Waals surface area contributed by atoms with Crippen LogP contribution < -0.4 is 5.32 Å². The normalized spacial score (nSPS) is 13.1. The summed E-state index contributed by atoms with van der Waals surface area (Å²) in [5.74, 6) is -0.198. The molecule has 2 N–H and O–H groups in total. The summed E-state index contributed by atoms with van der Waals surface area (Å²) >= 11 is 0. The highest BCUT2D eigenvalue weighted by molar-refractivity contribution is 5.72. The van der Waals surface area contributed by atoms with Crippen molar-refractivity contribution in [2.45, 2.75) is 39.7 Å². The van der Waals surface area contributed by atoms with Crippen molar-refractivity contribution >= 4 is 23.0 Å². The van der Waals surface area contributed by atoms with E-state index < -0.39 is 5.97 Å². The number of anilines is 1. The van der Waals surface area contributed by atoms with Gasteiger partial charge in [-0.2, -0.15) is 0 Å². The number of carboxylic acids is 1. The highest BCUT2D eigenvalue weighted by Crippen LogP contribution is 2.24. The standard InChI is InChI=1S/C15H20N4O2/c1-15(2,3)9-10(8-13(20)21)18-12-5-4-11-14(19-12)17-7-6-16-11/h4-7,10H,8-9H2,1-3H3,(H,20,21)(H,17,18,19). The summed E-state index contributed by atoms with van der Waals surface area (Å²) in [5, 5.41) is 12.2. The van der Waals surface area contributed by atoms with Crippen LogP contribution in [0.3, 0.4) is 0 Å². The molecule has 0 aliphatic rings. The van der Waals surface area contributed by atoms with E-state index in [1.165, 1.54) is 0 Å². The van der Waals surface area contributed by atoms with Crippen LogP contribution in [0.1, 0.15) is 33.6 Å². The van der Waals surface area contributed by atoms with Crippen molar-refractivity contribution in [2.75, 3.05) is 5.32 Å². The lowest BCUT2D eigenvalue weighted by atomic mass is 9.87. The first-order valence-corrected chi connectivity index (χ1v) is 6.89. The van der Waals surface area contributed by atoms with Gasteiger partial charge in [0.25, 0.3) is 0 Å². The van der Waals surface area contributed by atoms with E-state index in [0.29, 0.717) is 17.0 Å². The zero-order valence-corrected chi connectivity index (χ0v) is 12.5. The zero-order valence-electron chi connectivity index (χ0n) is 12.5. The smallest absolute Gasteiger partial charge is 0.305 e. The average Bonchev–Trinajstić information content (AvgIpc) is 2.35. The minimum atomic E-state index is -0.822. The lowest BCUT2D eigenvalue weighted by molar-refractivity contribution is -0.137. The maximum absolute atomic E-state index is 11.0. The molecule has 0 amide bonds. The third-order valence-corrected chi connectivity index (χ3v) is 2.96. The van der Waals surface area contributed by atoms with Gasteiger partial charge in [-0.15, -0.1) is 0 Å². The Hall–Kier alpha value is -2.24. The van der Waals surface area contributed by atoms with Crippen LogP contribution in [0, 0.1) is 5.41 Å². The first-order valence-electron chi connectivity index (χ1n) is 6.89. The zero-order chi connectivity index (χ0) is 15.5. The van der Waals surface area contributed by atoms with E-state index in [1.807, 2.05) is 6.07 Å². The molecule has 2 heterocycles. The van der Waals surface area contributed by atoms with Gasteiger partial charge in [-0.3, -0.25) is 9.78 Å². The number of nitrogens with one attached hydrogen (secondary N) is 1. The van der Waals surface area contributed by atoms with Gasteiger partial charge < -0.3 is 10.4 Å². The second-order valence-corrected chi connectivity index (χ2v) is 6.30. The summed E-state index contributed by atoms with van der Waals surface area (Å²) in [6, 6.07) is 3.45. The van der Waals surface area contributed by atoms with Gasteiger partial charge in [0.2, 0.25) is 0 Å². The SMILES string of the molecule is CC(C)(C)CC(CC(=O)O)Nc1ccc2nccnc2n1. The summed E-state index contributed by atoms with van der Waals surface area (Å²) in [6.07, 6.45) is 3.99. The summed E-state index contributed by atoms with van der Waals surface area (Å²) < 4.78 is 0. The third kappa shape index (κ3) is 4.66. The van der Waals surface area contributed by atoms with Crippen molar-refractivity contribution in [2.24, 2.45) is 5.41 Å². The fraction of sp³-hybridized carbons (Fsp3) is 0.467. The Morgan fingerprint density at radius 2 is 2.00 bits per heavy atom. The van der Waals surface area contributed by atoms with Gasteiger partial charge in [-0.1, -0.05) is 20.8 Å². The number of aromatic nitrogens is 3. The topological polar surface area (TPSA) is 88.0 Å². The minimum absolute atomic E-state index is 0.0315. The molecule has 0 aliphatic carbocycles. The van der Waals surface area contributed by atoms with Gasteiger partial charge in [0, 0.05) is 18.4 Å². The molecular weight excluding hydrogens is 268 g/mol. The maximum Gasteiger partial charge on any atom is 0.305 e. The summed E-state index contributed by atoms with van der Waals surface area (Å²) in [7, 11) is 0. The Balaban J connectivity index is 2.18. The molecular formula is C15H20N4O2. The molecule has 0 radical (unpaired) electrons. The fourth-order valence-electron chi connectivity index (χ4n) is 2.27. The molecule has 21 heavy (non-hydrogen) atoms. The van der Waals surface area contributed by atoms with E-state index in [2.05, 4.69) is 41.0 Å². The lowest BCUT2D eigenvalue weighted by Gasteiger charge is -2.26.